The molecule has 2 fully saturated rings. The summed E-state index contributed by atoms with van der Waals surface area (Å²) in [7, 11) is 0. The summed E-state index contributed by atoms with van der Waals surface area (Å²) < 4.78 is 10.8. The van der Waals surface area contributed by atoms with Gasteiger partial charge in [0.2, 0.25) is 5.91 Å². The quantitative estimate of drug-likeness (QED) is 0.677. The molecule has 0 aliphatic carbocycles. The largest absolute Gasteiger partial charge is 0.381 e. The minimum Gasteiger partial charge on any atom is -0.381 e. The van der Waals surface area contributed by atoms with Crippen LogP contribution in [0.25, 0.3) is 0 Å². The summed E-state index contributed by atoms with van der Waals surface area (Å²) in [6, 6.07) is 0.297. The normalized spacial score (nSPS) is 25.2. The number of rotatable bonds is 6. The molecule has 0 aromatic carbocycles. The molecule has 0 aromatic rings. The average Bonchev–Trinajstić information content (AvgIpc) is 2.89. The van der Waals surface area contributed by atoms with Crippen molar-refractivity contribution in [3.8, 4) is 0 Å². The number of carbonyl (C=O) groups is 1. The Bertz CT molecular complexity index is 249. The Kier molecular flexibility index (Phi) is 5.90. The fourth-order valence-electron chi connectivity index (χ4n) is 2.46. The van der Waals surface area contributed by atoms with Crippen LogP contribution in [0.15, 0.2) is 0 Å². The molecule has 5 heteroatoms. The Morgan fingerprint density at radius 2 is 2.00 bits per heavy atom. The van der Waals surface area contributed by atoms with Crippen LogP contribution >= 0.6 is 0 Å². The van der Waals surface area contributed by atoms with Gasteiger partial charge in [0, 0.05) is 25.9 Å². The number of hydrogen-bond donors (Lipinski definition) is 2. The lowest BCUT2D eigenvalue weighted by atomic mass is 10.1. The van der Waals surface area contributed by atoms with Gasteiger partial charge in [-0.1, -0.05) is 0 Å². The number of nitrogens with one attached hydrogen (secondary N) is 2. The van der Waals surface area contributed by atoms with Gasteiger partial charge in [-0.05, 0) is 38.6 Å². The van der Waals surface area contributed by atoms with Crippen LogP contribution < -0.4 is 10.6 Å². The third kappa shape index (κ3) is 4.92. The van der Waals surface area contributed by atoms with E-state index in [-0.39, 0.29) is 5.91 Å². The molecule has 18 heavy (non-hydrogen) atoms. The molecule has 1 atom stereocenters. The Labute approximate surface area is 109 Å². The van der Waals surface area contributed by atoms with Crippen molar-refractivity contribution in [2.45, 2.75) is 44.2 Å². The number of hydrogen-bond acceptors (Lipinski definition) is 4. The van der Waals surface area contributed by atoms with E-state index >= 15 is 0 Å². The maximum absolute atomic E-state index is 11.7. The molecule has 1 amide bonds. The molecule has 2 N–H and O–H groups in total. The molecule has 1 unspecified atom stereocenters. The SMILES string of the molecule is O=C(CNCCC1CCCO1)NC1CCOCC1. The van der Waals surface area contributed by atoms with Gasteiger partial charge in [-0.25, -0.2) is 0 Å². The standard InChI is InChI=1S/C13H24N2O3/c16-13(15-11-4-8-17-9-5-11)10-14-6-3-12-2-1-7-18-12/h11-12,14H,1-10H2,(H,15,16). The van der Waals surface area contributed by atoms with Gasteiger partial charge in [0.25, 0.3) is 0 Å². The third-order valence-electron chi connectivity index (χ3n) is 3.54. The van der Waals surface area contributed by atoms with E-state index < -0.39 is 0 Å². The smallest absolute Gasteiger partial charge is 0.234 e. The second kappa shape index (κ2) is 7.71. The van der Waals surface area contributed by atoms with E-state index in [2.05, 4.69) is 10.6 Å². The lowest BCUT2D eigenvalue weighted by molar-refractivity contribution is -0.121. The first-order chi connectivity index (χ1) is 8.84. The van der Waals surface area contributed by atoms with Crippen molar-refractivity contribution in [1.29, 1.82) is 0 Å². The molecule has 0 aromatic heterocycles. The first-order valence-electron chi connectivity index (χ1n) is 7.04. The molecule has 5 nitrogen and oxygen atoms in total. The van der Waals surface area contributed by atoms with E-state index in [1.165, 1.54) is 6.42 Å². The van der Waals surface area contributed by atoms with Crippen LogP contribution in [0.1, 0.15) is 32.1 Å². The second-order valence-electron chi connectivity index (χ2n) is 5.05. The zero-order valence-corrected chi connectivity index (χ0v) is 11.0. The van der Waals surface area contributed by atoms with E-state index in [4.69, 9.17) is 9.47 Å². The lowest BCUT2D eigenvalue weighted by Crippen LogP contribution is -2.43. The van der Waals surface area contributed by atoms with Crippen LogP contribution in [0.4, 0.5) is 0 Å². The monoisotopic (exact) mass is 256 g/mol. The fraction of sp³-hybridized carbons (Fsp3) is 0.923. The van der Waals surface area contributed by atoms with Crippen LogP contribution in [-0.4, -0.2) is 51.0 Å². The maximum Gasteiger partial charge on any atom is 0.234 e. The molecule has 2 aliphatic heterocycles. The van der Waals surface area contributed by atoms with Crippen molar-refractivity contribution in [2.24, 2.45) is 0 Å². The van der Waals surface area contributed by atoms with Crippen LogP contribution in [0.3, 0.4) is 0 Å². The maximum atomic E-state index is 11.7. The van der Waals surface area contributed by atoms with E-state index in [0.717, 1.165) is 52.0 Å². The minimum atomic E-state index is 0.0919. The van der Waals surface area contributed by atoms with Crippen molar-refractivity contribution < 1.29 is 14.3 Å². The molecule has 2 heterocycles. The van der Waals surface area contributed by atoms with Gasteiger partial charge in [0.15, 0.2) is 0 Å². The summed E-state index contributed by atoms with van der Waals surface area (Å²) in [6.45, 7) is 3.68. The molecule has 104 valence electrons. The average molecular weight is 256 g/mol. The molecule has 0 radical (unpaired) electrons. The highest BCUT2D eigenvalue weighted by Crippen LogP contribution is 2.14. The van der Waals surface area contributed by atoms with Gasteiger partial charge in [-0.2, -0.15) is 0 Å². The van der Waals surface area contributed by atoms with Gasteiger partial charge >= 0.3 is 0 Å². The predicted octanol–water partition coefficient (Wildman–Crippen LogP) is 0.440. The molecule has 2 aliphatic rings. The van der Waals surface area contributed by atoms with Gasteiger partial charge in [-0.3, -0.25) is 4.79 Å². The Morgan fingerprint density at radius 3 is 2.72 bits per heavy atom. The highest BCUT2D eigenvalue weighted by Gasteiger charge is 2.16. The highest BCUT2D eigenvalue weighted by atomic mass is 16.5. The summed E-state index contributed by atoms with van der Waals surface area (Å²) in [6.07, 6.45) is 5.61. The highest BCUT2D eigenvalue weighted by molar-refractivity contribution is 5.78. The third-order valence-corrected chi connectivity index (χ3v) is 3.54. The topological polar surface area (TPSA) is 59.6 Å². The van der Waals surface area contributed by atoms with Crippen LogP contribution in [0.5, 0.6) is 0 Å². The van der Waals surface area contributed by atoms with Crippen molar-refractivity contribution in [3.05, 3.63) is 0 Å². The van der Waals surface area contributed by atoms with E-state index in [1.807, 2.05) is 0 Å². The minimum absolute atomic E-state index is 0.0919. The van der Waals surface area contributed by atoms with Crippen molar-refractivity contribution in [3.63, 3.8) is 0 Å². The van der Waals surface area contributed by atoms with Gasteiger partial charge < -0.3 is 20.1 Å². The molecular weight excluding hydrogens is 232 g/mol. The Balaban J connectivity index is 1.48. The van der Waals surface area contributed by atoms with Gasteiger partial charge in [0.1, 0.15) is 0 Å². The molecule has 0 saturated carbocycles. The fourth-order valence-corrected chi connectivity index (χ4v) is 2.46. The first-order valence-corrected chi connectivity index (χ1v) is 7.04. The predicted molar refractivity (Wildman–Crippen MR) is 68.4 cm³/mol. The summed E-state index contributed by atoms with van der Waals surface area (Å²) in [5.41, 5.74) is 0. The van der Waals surface area contributed by atoms with Crippen LogP contribution in [0, 0.1) is 0 Å². The second-order valence-corrected chi connectivity index (χ2v) is 5.05. The number of amides is 1. The first kappa shape index (κ1) is 13.8. The summed E-state index contributed by atoms with van der Waals surface area (Å²) in [5.74, 6) is 0.0919. The Morgan fingerprint density at radius 1 is 1.17 bits per heavy atom. The van der Waals surface area contributed by atoms with E-state index in [1.54, 1.807) is 0 Å². The van der Waals surface area contributed by atoms with Crippen molar-refractivity contribution in [1.82, 2.24) is 10.6 Å². The number of ether oxygens (including phenoxy) is 2. The Hall–Kier alpha value is -0.650. The molecule has 2 rings (SSSR count). The molecule has 2 saturated heterocycles. The molecular formula is C13H24N2O3. The van der Waals surface area contributed by atoms with E-state index in [9.17, 15) is 4.79 Å². The number of carbonyl (C=O) groups excluding carboxylic acids is 1. The molecule has 0 spiro atoms. The van der Waals surface area contributed by atoms with Crippen molar-refractivity contribution >= 4 is 5.91 Å². The van der Waals surface area contributed by atoms with Gasteiger partial charge in [-0.15, -0.1) is 0 Å². The van der Waals surface area contributed by atoms with E-state index in [0.29, 0.717) is 18.7 Å². The van der Waals surface area contributed by atoms with Gasteiger partial charge in [0.05, 0.1) is 12.6 Å². The van der Waals surface area contributed by atoms with Crippen molar-refractivity contribution in [2.75, 3.05) is 32.9 Å². The van der Waals surface area contributed by atoms with Crippen LogP contribution in [0.2, 0.25) is 0 Å². The summed E-state index contributed by atoms with van der Waals surface area (Å²) in [5, 5.41) is 6.21. The zero-order valence-electron chi connectivity index (χ0n) is 11.0. The van der Waals surface area contributed by atoms with Crippen LogP contribution in [-0.2, 0) is 14.3 Å². The molecule has 0 bridgehead atoms. The summed E-state index contributed by atoms with van der Waals surface area (Å²) in [4.78, 5) is 11.7. The summed E-state index contributed by atoms with van der Waals surface area (Å²) >= 11 is 0. The zero-order chi connectivity index (χ0) is 12.6. The lowest BCUT2D eigenvalue weighted by Gasteiger charge is -2.23.